The average Bonchev–Trinajstić information content (AvgIpc) is 2.79. The molecule has 0 aliphatic carbocycles. The fraction of sp³-hybridized carbons (Fsp3) is 0.462. The van der Waals surface area contributed by atoms with Crippen LogP contribution in [-0.4, -0.2) is 29.8 Å². The minimum Gasteiger partial charge on any atom is -0.480 e. The SMILES string of the molecule is CCC(CO)NC(=O)C1Cc2ccccc2O1. The number of ether oxygens (including phenoxy) is 1. The van der Waals surface area contributed by atoms with Gasteiger partial charge in [0.25, 0.3) is 5.91 Å². The van der Waals surface area contributed by atoms with Crippen molar-refractivity contribution in [2.24, 2.45) is 0 Å². The van der Waals surface area contributed by atoms with Crippen LogP contribution in [0.15, 0.2) is 24.3 Å². The Hall–Kier alpha value is -1.55. The van der Waals surface area contributed by atoms with Gasteiger partial charge in [0.05, 0.1) is 12.6 Å². The lowest BCUT2D eigenvalue weighted by atomic mass is 10.1. The molecule has 92 valence electrons. The summed E-state index contributed by atoms with van der Waals surface area (Å²) < 4.78 is 5.56. The molecular formula is C13H17NO3. The summed E-state index contributed by atoms with van der Waals surface area (Å²) in [6.07, 6.45) is 0.846. The van der Waals surface area contributed by atoms with Gasteiger partial charge in [-0.1, -0.05) is 25.1 Å². The van der Waals surface area contributed by atoms with E-state index >= 15 is 0 Å². The largest absolute Gasteiger partial charge is 0.480 e. The highest BCUT2D eigenvalue weighted by Crippen LogP contribution is 2.28. The van der Waals surface area contributed by atoms with Crippen LogP contribution in [0.5, 0.6) is 5.75 Å². The highest BCUT2D eigenvalue weighted by molar-refractivity contribution is 5.82. The molecule has 0 saturated heterocycles. The standard InChI is InChI=1S/C13H17NO3/c1-2-10(8-15)14-13(16)12-7-9-5-3-4-6-11(9)17-12/h3-6,10,12,15H,2,7-8H2,1H3,(H,14,16). The lowest BCUT2D eigenvalue weighted by Gasteiger charge is -2.17. The Bertz CT molecular complexity index is 376. The number of rotatable bonds is 4. The number of para-hydroxylation sites is 1. The van der Waals surface area contributed by atoms with E-state index in [1.807, 2.05) is 31.2 Å². The number of aliphatic hydroxyl groups is 1. The molecule has 0 spiro atoms. The van der Waals surface area contributed by atoms with Crippen molar-refractivity contribution in [3.8, 4) is 5.75 Å². The molecule has 2 N–H and O–H groups in total. The molecule has 1 amide bonds. The van der Waals surface area contributed by atoms with Crippen molar-refractivity contribution in [2.45, 2.75) is 31.9 Å². The third-order valence-electron chi connectivity index (χ3n) is 3.00. The van der Waals surface area contributed by atoms with Crippen molar-refractivity contribution in [2.75, 3.05) is 6.61 Å². The number of aliphatic hydroxyl groups excluding tert-OH is 1. The maximum absolute atomic E-state index is 11.9. The van der Waals surface area contributed by atoms with Crippen molar-refractivity contribution in [3.05, 3.63) is 29.8 Å². The van der Waals surface area contributed by atoms with Crippen LogP contribution >= 0.6 is 0 Å². The van der Waals surface area contributed by atoms with E-state index in [2.05, 4.69) is 5.32 Å². The fourth-order valence-corrected chi connectivity index (χ4v) is 1.90. The third-order valence-corrected chi connectivity index (χ3v) is 3.00. The van der Waals surface area contributed by atoms with Crippen molar-refractivity contribution in [3.63, 3.8) is 0 Å². The van der Waals surface area contributed by atoms with Gasteiger partial charge in [0.2, 0.25) is 0 Å². The molecule has 1 heterocycles. The zero-order valence-electron chi connectivity index (χ0n) is 9.85. The van der Waals surface area contributed by atoms with Gasteiger partial charge in [-0.05, 0) is 18.1 Å². The Morgan fingerprint density at radius 3 is 3.00 bits per heavy atom. The molecule has 0 radical (unpaired) electrons. The number of fused-ring (bicyclic) bond motifs is 1. The quantitative estimate of drug-likeness (QED) is 0.814. The molecule has 0 bridgehead atoms. The first-order chi connectivity index (χ1) is 8.24. The molecule has 0 aromatic heterocycles. The lowest BCUT2D eigenvalue weighted by Crippen LogP contribution is -2.44. The zero-order chi connectivity index (χ0) is 12.3. The van der Waals surface area contributed by atoms with E-state index in [4.69, 9.17) is 9.84 Å². The number of hydrogen-bond acceptors (Lipinski definition) is 3. The maximum atomic E-state index is 11.9. The molecule has 2 unspecified atom stereocenters. The fourth-order valence-electron chi connectivity index (χ4n) is 1.90. The number of carbonyl (C=O) groups excluding carboxylic acids is 1. The first-order valence-electron chi connectivity index (χ1n) is 5.90. The molecular weight excluding hydrogens is 218 g/mol. The van der Waals surface area contributed by atoms with Gasteiger partial charge < -0.3 is 15.2 Å². The first-order valence-corrected chi connectivity index (χ1v) is 5.90. The highest BCUT2D eigenvalue weighted by atomic mass is 16.5. The van der Waals surface area contributed by atoms with Gasteiger partial charge in [0.15, 0.2) is 6.10 Å². The lowest BCUT2D eigenvalue weighted by molar-refractivity contribution is -0.128. The monoisotopic (exact) mass is 235 g/mol. The van der Waals surface area contributed by atoms with E-state index in [0.717, 1.165) is 11.3 Å². The van der Waals surface area contributed by atoms with Gasteiger partial charge in [0.1, 0.15) is 5.75 Å². The Balaban J connectivity index is 1.96. The van der Waals surface area contributed by atoms with Crippen molar-refractivity contribution >= 4 is 5.91 Å². The molecule has 4 nitrogen and oxygen atoms in total. The number of benzene rings is 1. The predicted molar refractivity (Wildman–Crippen MR) is 63.9 cm³/mol. The summed E-state index contributed by atoms with van der Waals surface area (Å²) in [5.41, 5.74) is 1.06. The summed E-state index contributed by atoms with van der Waals surface area (Å²) >= 11 is 0. The Kier molecular flexibility index (Phi) is 3.64. The number of amides is 1. The van der Waals surface area contributed by atoms with Crippen LogP contribution in [0, 0.1) is 0 Å². The number of carbonyl (C=O) groups is 1. The zero-order valence-corrected chi connectivity index (χ0v) is 9.85. The number of nitrogens with one attached hydrogen (secondary N) is 1. The topological polar surface area (TPSA) is 58.6 Å². The first kappa shape index (κ1) is 11.9. The summed E-state index contributed by atoms with van der Waals surface area (Å²) in [5, 5.41) is 11.8. The molecule has 0 saturated carbocycles. The Morgan fingerprint density at radius 2 is 2.35 bits per heavy atom. The van der Waals surface area contributed by atoms with Gasteiger partial charge in [-0.2, -0.15) is 0 Å². The van der Waals surface area contributed by atoms with Gasteiger partial charge in [-0.25, -0.2) is 0 Å². The molecule has 4 heteroatoms. The average molecular weight is 235 g/mol. The van der Waals surface area contributed by atoms with Crippen LogP contribution in [0.2, 0.25) is 0 Å². The normalized spacial score (nSPS) is 19.3. The van der Waals surface area contributed by atoms with Crippen LogP contribution in [0.1, 0.15) is 18.9 Å². The van der Waals surface area contributed by atoms with Crippen molar-refractivity contribution in [1.82, 2.24) is 5.32 Å². The van der Waals surface area contributed by atoms with E-state index in [1.54, 1.807) is 0 Å². The molecule has 1 aliphatic rings. The Morgan fingerprint density at radius 1 is 1.59 bits per heavy atom. The van der Waals surface area contributed by atoms with Crippen LogP contribution in [0.4, 0.5) is 0 Å². The van der Waals surface area contributed by atoms with Crippen LogP contribution < -0.4 is 10.1 Å². The van der Waals surface area contributed by atoms with Gasteiger partial charge in [-0.15, -0.1) is 0 Å². The van der Waals surface area contributed by atoms with Crippen LogP contribution in [0.25, 0.3) is 0 Å². The molecule has 0 fully saturated rings. The molecule has 2 atom stereocenters. The molecule has 17 heavy (non-hydrogen) atoms. The minimum atomic E-state index is -0.465. The second kappa shape index (κ2) is 5.19. The van der Waals surface area contributed by atoms with Crippen LogP contribution in [-0.2, 0) is 11.2 Å². The van der Waals surface area contributed by atoms with E-state index in [1.165, 1.54) is 0 Å². The van der Waals surface area contributed by atoms with E-state index < -0.39 is 6.10 Å². The molecule has 2 rings (SSSR count). The summed E-state index contributed by atoms with van der Waals surface area (Å²) in [6, 6.07) is 7.47. The smallest absolute Gasteiger partial charge is 0.261 e. The van der Waals surface area contributed by atoms with E-state index in [9.17, 15) is 4.79 Å². The maximum Gasteiger partial charge on any atom is 0.261 e. The molecule has 1 aromatic rings. The summed E-state index contributed by atoms with van der Waals surface area (Å²) in [7, 11) is 0. The molecule has 1 aliphatic heterocycles. The summed E-state index contributed by atoms with van der Waals surface area (Å²) in [5.74, 6) is 0.631. The molecule has 1 aromatic carbocycles. The van der Waals surface area contributed by atoms with Crippen LogP contribution in [0.3, 0.4) is 0 Å². The van der Waals surface area contributed by atoms with Gasteiger partial charge in [0, 0.05) is 6.42 Å². The second-order valence-corrected chi connectivity index (χ2v) is 4.21. The Labute approximate surface area is 101 Å². The third kappa shape index (κ3) is 2.58. The predicted octanol–water partition coefficient (Wildman–Crippen LogP) is 0.877. The van der Waals surface area contributed by atoms with E-state index in [-0.39, 0.29) is 18.6 Å². The number of hydrogen-bond donors (Lipinski definition) is 2. The minimum absolute atomic E-state index is 0.0398. The highest BCUT2D eigenvalue weighted by Gasteiger charge is 2.29. The van der Waals surface area contributed by atoms with E-state index in [0.29, 0.717) is 12.8 Å². The van der Waals surface area contributed by atoms with Gasteiger partial charge >= 0.3 is 0 Å². The second-order valence-electron chi connectivity index (χ2n) is 4.21. The summed E-state index contributed by atoms with van der Waals surface area (Å²) in [6.45, 7) is 1.88. The van der Waals surface area contributed by atoms with Gasteiger partial charge in [-0.3, -0.25) is 4.79 Å². The van der Waals surface area contributed by atoms with Crippen molar-refractivity contribution < 1.29 is 14.6 Å². The summed E-state index contributed by atoms with van der Waals surface area (Å²) in [4.78, 5) is 11.9. The van der Waals surface area contributed by atoms with Crippen molar-refractivity contribution in [1.29, 1.82) is 0 Å².